The van der Waals surface area contributed by atoms with Gasteiger partial charge in [0.1, 0.15) is 11.5 Å². The summed E-state index contributed by atoms with van der Waals surface area (Å²) in [6, 6.07) is 2.50. The molecule has 1 aliphatic carbocycles. The normalized spacial score (nSPS) is 22.3. The molecule has 1 atom stereocenters. The maximum Gasteiger partial charge on any atom is 0.109 e. The van der Waals surface area contributed by atoms with Gasteiger partial charge in [0, 0.05) is 36.6 Å². The fourth-order valence-corrected chi connectivity index (χ4v) is 2.82. The Bertz CT molecular complexity index is 446. The van der Waals surface area contributed by atoms with Crippen molar-refractivity contribution < 1.29 is 9.52 Å². The molecule has 3 nitrogen and oxygen atoms in total. The summed E-state index contributed by atoms with van der Waals surface area (Å²) in [5.41, 5.74) is 1.49. The number of aryl methyl sites for hydroxylation is 1. The highest BCUT2D eigenvalue weighted by molar-refractivity contribution is 5.29. The van der Waals surface area contributed by atoms with Crippen LogP contribution < -0.4 is 5.32 Å². The van der Waals surface area contributed by atoms with E-state index in [4.69, 9.17) is 4.42 Å². The summed E-state index contributed by atoms with van der Waals surface area (Å²) in [7, 11) is 0. The molecule has 1 aromatic rings. The summed E-state index contributed by atoms with van der Waals surface area (Å²) >= 11 is 0. The first kappa shape index (κ1) is 14.6. The van der Waals surface area contributed by atoms with Gasteiger partial charge in [-0.15, -0.1) is 0 Å². The third-order valence-electron chi connectivity index (χ3n) is 3.99. The summed E-state index contributed by atoms with van der Waals surface area (Å²) < 4.78 is 5.84. The Kier molecular flexibility index (Phi) is 3.80. The summed E-state index contributed by atoms with van der Waals surface area (Å²) in [6.45, 7) is 11.8. The summed E-state index contributed by atoms with van der Waals surface area (Å²) in [4.78, 5) is 0. The molecule has 0 bridgehead atoms. The van der Waals surface area contributed by atoms with Gasteiger partial charge in [0.25, 0.3) is 0 Å². The lowest BCUT2D eigenvalue weighted by atomic mass is 9.74. The molecule has 0 amide bonds. The second-order valence-electron chi connectivity index (χ2n) is 7.54. The maximum absolute atomic E-state index is 9.37. The number of hydrogen-bond donors (Lipinski definition) is 2. The lowest BCUT2D eigenvalue weighted by Gasteiger charge is -2.36. The van der Waals surface area contributed by atoms with Crippen molar-refractivity contribution in [1.82, 2.24) is 5.32 Å². The van der Waals surface area contributed by atoms with Crippen LogP contribution in [-0.2, 0) is 6.42 Å². The highest BCUT2D eigenvalue weighted by Crippen LogP contribution is 2.42. The SMILES string of the molecule is Cc1cc2c(o1)CC(C)(C)CC2NCC(C)(C)CO. The molecule has 0 saturated carbocycles. The minimum absolute atomic E-state index is 0.0828. The Morgan fingerprint density at radius 1 is 1.47 bits per heavy atom. The van der Waals surface area contributed by atoms with Crippen LogP contribution in [0.4, 0.5) is 0 Å². The van der Waals surface area contributed by atoms with Gasteiger partial charge in [-0.1, -0.05) is 27.7 Å². The number of aliphatic hydroxyl groups is 1. The zero-order valence-corrected chi connectivity index (χ0v) is 12.8. The Balaban J connectivity index is 2.16. The highest BCUT2D eigenvalue weighted by atomic mass is 16.3. The Morgan fingerprint density at radius 2 is 2.16 bits per heavy atom. The Morgan fingerprint density at radius 3 is 2.79 bits per heavy atom. The molecule has 1 unspecified atom stereocenters. The van der Waals surface area contributed by atoms with Crippen molar-refractivity contribution in [2.45, 2.75) is 53.5 Å². The van der Waals surface area contributed by atoms with Crippen molar-refractivity contribution in [1.29, 1.82) is 0 Å². The molecule has 0 spiro atoms. The lowest BCUT2D eigenvalue weighted by molar-refractivity contribution is 0.144. The quantitative estimate of drug-likeness (QED) is 0.878. The van der Waals surface area contributed by atoms with E-state index >= 15 is 0 Å². The van der Waals surface area contributed by atoms with Crippen LogP contribution >= 0.6 is 0 Å². The molecule has 0 aromatic carbocycles. The number of fused-ring (bicyclic) bond motifs is 1. The topological polar surface area (TPSA) is 45.4 Å². The second-order valence-corrected chi connectivity index (χ2v) is 7.54. The van der Waals surface area contributed by atoms with Gasteiger partial charge in [-0.05, 0) is 24.8 Å². The van der Waals surface area contributed by atoms with Gasteiger partial charge in [0.2, 0.25) is 0 Å². The van der Waals surface area contributed by atoms with Crippen LogP contribution in [0.3, 0.4) is 0 Å². The van der Waals surface area contributed by atoms with Gasteiger partial charge < -0.3 is 14.8 Å². The van der Waals surface area contributed by atoms with Crippen LogP contribution in [0, 0.1) is 17.8 Å². The molecule has 2 N–H and O–H groups in total. The van der Waals surface area contributed by atoms with E-state index in [1.165, 1.54) is 5.56 Å². The number of rotatable bonds is 4. The average molecular weight is 265 g/mol. The minimum Gasteiger partial charge on any atom is -0.466 e. The third kappa shape index (κ3) is 3.40. The molecule has 0 fully saturated rings. The monoisotopic (exact) mass is 265 g/mol. The lowest BCUT2D eigenvalue weighted by Crippen LogP contribution is -2.38. The molecule has 0 radical (unpaired) electrons. The van der Waals surface area contributed by atoms with Crippen molar-refractivity contribution in [2.75, 3.05) is 13.2 Å². The molecule has 1 aromatic heterocycles. The smallest absolute Gasteiger partial charge is 0.109 e. The van der Waals surface area contributed by atoms with E-state index in [0.717, 1.165) is 30.9 Å². The molecule has 0 saturated heterocycles. The minimum atomic E-state index is -0.0828. The van der Waals surface area contributed by atoms with Gasteiger partial charge >= 0.3 is 0 Å². The summed E-state index contributed by atoms with van der Waals surface area (Å²) in [6.07, 6.45) is 2.12. The Hall–Kier alpha value is -0.800. The van der Waals surface area contributed by atoms with E-state index in [9.17, 15) is 5.11 Å². The van der Waals surface area contributed by atoms with Gasteiger partial charge in [0.15, 0.2) is 0 Å². The van der Waals surface area contributed by atoms with E-state index in [0.29, 0.717) is 6.04 Å². The molecular formula is C16H27NO2. The maximum atomic E-state index is 9.37. The van der Waals surface area contributed by atoms with Crippen molar-refractivity contribution in [3.05, 3.63) is 23.2 Å². The van der Waals surface area contributed by atoms with Gasteiger partial charge in [0.05, 0.1) is 0 Å². The number of hydrogen-bond acceptors (Lipinski definition) is 3. The molecule has 0 aliphatic heterocycles. The van der Waals surface area contributed by atoms with Crippen LogP contribution in [0.25, 0.3) is 0 Å². The fourth-order valence-electron chi connectivity index (χ4n) is 2.82. The van der Waals surface area contributed by atoms with E-state index in [1.807, 2.05) is 6.92 Å². The van der Waals surface area contributed by atoms with E-state index in [1.54, 1.807) is 0 Å². The third-order valence-corrected chi connectivity index (χ3v) is 3.99. The number of aliphatic hydroxyl groups excluding tert-OH is 1. The molecule has 1 heterocycles. The van der Waals surface area contributed by atoms with Gasteiger partial charge in [-0.3, -0.25) is 0 Å². The number of nitrogens with one attached hydrogen (secondary N) is 1. The van der Waals surface area contributed by atoms with Gasteiger partial charge in [-0.2, -0.15) is 0 Å². The zero-order valence-electron chi connectivity index (χ0n) is 12.8. The van der Waals surface area contributed by atoms with Crippen molar-refractivity contribution in [3.8, 4) is 0 Å². The van der Waals surface area contributed by atoms with Crippen molar-refractivity contribution >= 4 is 0 Å². The van der Waals surface area contributed by atoms with Crippen LogP contribution in [0.5, 0.6) is 0 Å². The highest BCUT2D eigenvalue weighted by Gasteiger charge is 2.35. The zero-order chi connectivity index (χ0) is 14.3. The first-order valence-corrected chi connectivity index (χ1v) is 7.16. The van der Waals surface area contributed by atoms with Crippen molar-refractivity contribution in [2.24, 2.45) is 10.8 Å². The first-order chi connectivity index (χ1) is 8.72. The van der Waals surface area contributed by atoms with E-state index in [-0.39, 0.29) is 17.4 Å². The molecule has 19 heavy (non-hydrogen) atoms. The van der Waals surface area contributed by atoms with Crippen LogP contribution in [0.15, 0.2) is 10.5 Å². The molecule has 2 rings (SSSR count). The molecular weight excluding hydrogens is 238 g/mol. The first-order valence-electron chi connectivity index (χ1n) is 7.16. The predicted molar refractivity (Wildman–Crippen MR) is 77.2 cm³/mol. The van der Waals surface area contributed by atoms with Crippen molar-refractivity contribution in [3.63, 3.8) is 0 Å². The Labute approximate surface area is 116 Å². The van der Waals surface area contributed by atoms with E-state index in [2.05, 4.69) is 39.1 Å². The summed E-state index contributed by atoms with van der Waals surface area (Å²) in [5, 5.41) is 13.0. The number of furan rings is 1. The fraction of sp³-hybridized carbons (Fsp3) is 0.750. The van der Waals surface area contributed by atoms with Crippen LogP contribution in [0.2, 0.25) is 0 Å². The average Bonchev–Trinajstić information content (AvgIpc) is 2.65. The summed E-state index contributed by atoms with van der Waals surface area (Å²) in [5.74, 6) is 2.13. The van der Waals surface area contributed by atoms with Crippen LogP contribution in [-0.4, -0.2) is 18.3 Å². The van der Waals surface area contributed by atoms with Gasteiger partial charge in [-0.25, -0.2) is 0 Å². The second kappa shape index (κ2) is 4.95. The van der Waals surface area contributed by atoms with E-state index < -0.39 is 0 Å². The molecule has 108 valence electrons. The molecule has 1 aliphatic rings. The standard InChI is InChI=1S/C16H27NO2/c1-11-6-12-13(17-9-16(4,5)10-18)7-15(2,3)8-14(12)19-11/h6,13,17-18H,7-10H2,1-5H3. The predicted octanol–water partition coefficient (Wildman–Crippen LogP) is 3.21. The molecule has 3 heteroatoms. The largest absolute Gasteiger partial charge is 0.466 e. The van der Waals surface area contributed by atoms with Crippen LogP contribution in [0.1, 0.15) is 57.2 Å².